The van der Waals surface area contributed by atoms with Gasteiger partial charge < -0.3 is 9.47 Å². The van der Waals surface area contributed by atoms with Crippen LogP contribution in [-0.4, -0.2) is 25.8 Å². The first kappa shape index (κ1) is 19.5. The lowest BCUT2D eigenvalue weighted by atomic mass is 10.0. The summed E-state index contributed by atoms with van der Waals surface area (Å²) < 4.78 is 10.9. The van der Waals surface area contributed by atoms with Crippen LogP contribution in [0.15, 0.2) is 41.5 Å². The van der Waals surface area contributed by atoms with Crippen LogP contribution in [0.4, 0.5) is 0 Å². The predicted molar refractivity (Wildman–Crippen MR) is 104 cm³/mol. The molecular weight excluding hydrogens is 328 g/mol. The second-order valence-corrected chi connectivity index (χ2v) is 6.38. The van der Waals surface area contributed by atoms with Crippen LogP contribution in [0, 0.1) is 13.8 Å². The maximum Gasteiger partial charge on any atom is 0.277 e. The highest BCUT2D eigenvalue weighted by Gasteiger charge is 2.09. The van der Waals surface area contributed by atoms with Crippen molar-refractivity contribution in [3.05, 3.63) is 58.7 Å². The van der Waals surface area contributed by atoms with E-state index in [1.165, 1.54) is 0 Å². The number of nitrogens with zero attached hydrogens (tertiary/aromatic N) is 1. The van der Waals surface area contributed by atoms with E-state index in [0.717, 1.165) is 33.8 Å². The SMILES string of the molecule is COc1ccc(C=NNC(=O)COc2ccccc2C(C)C)c(C)c1C. The maximum absolute atomic E-state index is 12.0. The van der Waals surface area contributed by atoms with Crippen molar-refractivity contribution in [3.63, 3.8) is 0 Å². The van der Waals surface area contributed by atoms with Crippen LogP contribution in [0.1, 0.15) is 42.0 Å². The van der Waals surface area contributed by atoms with Crippen molar-refractivity contribution < 1.29 is 14.3 Å². The molecule has 26 heavy (non-hydrogen) atoms. The molecule has 138 valence electrons. The molecule has 0 saturated carbocycles. The van der Waals surface area contributed by atoms with Crippen LogP contribution < -0.4 is 14.9 Å². The third-order valence-electron chi connectivity index (χ3n) is 4.29. The smallest absolute Gasteiger partial charge is 0.277 e. The van der Waals surface area contributed by atoms with E-state index in [-0.39, 0.29) is 12.5 Å². The van der Waals surface area contributed by atoms with E-state index in [1.54, 1.807) is 13.3 Å². The molecule has 1 amide bonds. The van der Waals surface area contributed by atoms with Gasteiger partial charge in [-0.1, -0.05) is 32.0 Å². The monoisotopic (exact) mass is 354 g/mol. The summed E-state index contributed by atoms with van der Waals surface area (Å²) in [6.07, 6.45) is 1.63. The van der Waals surface area contributed by atoms with Crippen LogP contribution in [0.2, 0.25) is 0 Å². The molecule has 0 aromatic heterocycles. The van der Waals surface area contributed by atoms with Gasteiger partial charge in [0.15, 0.2) is 6.61 Å². The lowest BCUT2D eigenvalue weighted by Crippen LogP contribution is -2.25. The standard InChI is InChI=1S/C21H26N2O3/c1-14(2)18-8-6-7-9-20(18)26-13-21(24)23-22-12-17-10-11-19(25-5)16(4)15(17)3/h6-12,14H,13H2,1-5H3,(H,23,24). The van der Waals surface area contributed by atoms with Crippen molar-refractivity contribution in [3.8, 4) is 11.5 Å². The number of amides is 1. The zero-order chi connectivity index (χ0) is 19.1. The number of nitrogens with one attached hydrogen (secondary N) is 1. The molecule has 0 spiro atoms. The van der Waals surface area contributed by atoms with Crippen molar-refractivity contribution >= 4 is 12.1 Å². The van der Waals surface area contributed by atoms with E-state index in [2.05, 4.69) is 24.4 Å². The molecule has 1 N–H and O–H groups in total. The van der Waals surface area contributed by atoms with Crippen LogP contribution in [0.3, 0.4) is 0 Å². The number of hydrogen-bond acceptors (Lipinski definition) is 4. The van der Waals surface area contributed by atoms with Crippen LogP contribution in [0.25, 0.3) is 0 Å². The van der Waals surface area contributed by atoms with Crippen molar-refractivity contribution in [1.29, 1.82) is 0 Å². The maximum atomic E-state index is 12.0. The molecule has 0 aliphatic carbocycles. The fourth-order valence-corrected chi connectivity index (χ4v) is 2.62. The molecule has 0 heterocycles. The van der Waals surface area contributed by atoms with Gasteiger partial charge in [0.1, 0.15) is 11.5 Å². The van der Waals surface area contributed by atoms with Gasteiger partial charge in [-0.3, -0.25) is 4.79 Å². The summed E-state index contributed by atoms with van der Waals surface area (Å²) in [6.45, 7) is 8.08. The molecule has 0 unspecified atom stereocenters. The molecule has 0 atom stereocenters. The van der Waals surface area contributed by atoms with Gasteiger partial charge >= 0.3 is 0 Å². The average molecular weight is 354 g/mol. The summed E-state index contributed by atoms with van der Waals surface area (Å²) in [5, 5.41) is 4.02. The lowest BCUT2D eigenvalue weighted by Gasteiger charge is -2.13. The molecule has 0 bridgehead atoms. The number of rotatable bonds is 7. The number of methoxy groups -OCH3 is 1. The second-order valence-electron chi connectivity index (χ2n) is 6.38. The highest BCUT2D eigenvalue weighted by Crippen LogP contribution is 2.25. The third-order valence-corrected chi connectivity index (χ3v) is 4.29. The average Bonchev–Trinajstić information content (AvgIpc) is 2.63. The van der Waals surface area contributed by atoms with Crippen molar-refractivity contribution in [2.24, 2.45) is 5.10 Å². The fraction of sp³-hybridized carbons (Fsp3) is 0.333. The molecule has 2 rings (SSSR count). The number of carbonyl (C=O) groups is 1. The van der Waals surface area contributed by atoms with Gasteiger partial charge in [-0.2, -0.15) is 5.10 Å². The molecule has 0 fully saturated rings. The number of hydrazone groups is 1. The minimum absolute atomic E-state index is 0.0817. The Hall–Kier alpha value is -2.82. The second kappa shape index (κ2) is 9.04. The third kappa shape index (κ3) is 4.85. The van der Waals surface area contributed by atoms with Crippen LogP contribution in [0.5, 0.6) is 11.5 Å². The Kier molecular flexibility index (Phi) is 6.78. The molecule has 2 aromatic carbocycles. The summed E-state index contributed by atoms with van der Waals surface area (Å²) in [5.41, 5.74) is 6.61. The lowest BCUT2D eigenvalue weighted by molar-refractivity contribution is -0.123. The van der Waals surface area contributed by atoms with Gasteiger partial charge in [-0.05, 0) is 60.2 Å². The van der Waals surface area contributed by atoms with E-state index in [1.807, 2.05) is 50.2 Å². The Bertz CT molecular complexity index is 798. The number of ether oxygens (including phenoxy) is 2. The first-order valence-electron chi connectivity index (χ1n) is 8.61. The minimum Gasteiger partial charge on any atom is -0.496 e. The van der Waals surface area contributed by atoms with Crippen LogP contribution in [-0.2, 0) is 4.79 Å². The quantitative estimate of drug-likeness (QED) is 0.605. The normalized spacial score (nSPS) is 11.0. The zero-order valence-electron chi connectivity index (χ0n) is 16.0. The summed E-state index contributed by atoms with van der Waals surface area (Å²) in [6, 6.07) is 11.5. The summed E-state index contributed by atoms with van der Waals surface area (Å²) in [5.74, 6) is 1.58. The summed E-state index contributed by atoms with van der Waals surface area (Å²) >= 11 is 0. The molecule has 2 aromatic rings. The molecule has 0 saturated heterocycles. The molecular formula is C21H26N2O3. The van der Waals surface area contributed by atoms with Crippen LogP contribution >= 0.6 is 0 Å². The topological polar surface area (TPSA) is 59.9 Å². The fourth-order valence-electron chi connectivity index (χ4n) is 2.62. The predicted octanol–water partition coefficient (Wildman–Crippen LogP) is 3.96. The summed E-state index contributed by atoms with van der Waals surface area (Å²) in [7, 11) is 1.65. The Morgan fingerprint density at radius 3 is 2.54 bits per heavy atom. The first-order chi connectivity index (χ1) is 12.4. The van der Waals surface area contributed by atoms with Gasteiger partial charge in [-0.15, -0.1) is 0 Å². The van der Waals surface area contributed by atoms with Gasteiger partial charge in [0.2, 0.25) is 0 Å². The van der Waals surface area contributed by atoms with E-state index < -0.39 is 0 Å². The Morgan fingerprint density at radius 1 is 1.12 bits per heavy atom. The highest BCUT2D eigenvalue weighted by molar-refractivity contribution is 5.85. The van der Waals surface area contributed by atoms with E-state index in [4.69, 9.17) is 9.47 Å². The Balaban J connectivity index is 1.93. The molecule has 0 aliphatic heterocycles. The first-order valence-corrected chi connectivity index (χ1v) is 8.61. The van der Waals surface area contributed by atoms with Crippen molar-refractivity contribution in [1.82, 2.24) is 5.43 Å². The highest BCUT2D eigenvalue weighted by atomic mass is 16.5. The van der Waals surface area contributed by atoms with Gasteiger partial charge in [0.25, 0.3) is 5.91 Å². The largest absolute Gasteiger partial charge is 0.496 e. The molecule has 5 nitrogen and oxygen atoms in total. The minimum atomic E-state index is -0.303. The van der Waals surface area contributed by atoms with Gasteiger partial charge in [0.05, 0.1) is 13.3 Å². The van der Waals surface area contributed by atoms with E-state index >= 15 is 0 Å². The summed E-state index contributed by atoms with van der Waals surface area (Å²) in [4.78, 5) is 12.0. The Labute approximate surface area is 155 Å². The van der Waals surface area contributed by atoms with Crippen molar-refractivity contribution in [2.45, 2.75) is 33.6 Å². The number of carbonyl (C=O) groups excluding carboxylic acids is 1. The Morgan fingerprint density at radius 2 is 1.85 bits per heavy atom. The van der Waals surface area contributed by atoms with Crippen molar-refractivity contribution in [2.75, 3.05) is 13.7 Å². The van der Waals surface area contributed by atoms with Gasteiger partial charge in [-0.25, -0.2) is 5.43 Å². The van der Waals surface area contributed by atoms with E-state index in [9.17, 15) is 4.79 Å². The van der Waals surface area contributed by atoms with Gasteiger partial charge in [0, 0.05) is 0 Å². The zero-order valence-corrected chi connectivity index (χ0v) is 16.0. The number of para-hydroxylation sites is 1. The molecule has 5 heteroatoms. The number of benzene rings is 2. The van der Waals surface area contributed by atoms with E-state index in [0.29, 0.717) is 5.92 Å². The number of hydrogen-bond donors (Lipinski definition) is 1. The molecule has 0 radical (unpaired) electrons. The molecule has 0 aliphatic rings.